The van der Waals surface area contributed by atoms with E-state index >= 15 is 0 Å². The van der Waals surface area contributed by atoms with Gasteiger partial charge in [0.25, 0.3) is 11.8 Å². The van der Waals surface area contributed by atoms with E-state index in [0.29, 0.717) is 5.06 Å². The molecular formula is C28H17F3N2O11. The van der Waals surface area contributed by atoms with Gasteiger partial charge in [-0.3, -0.25) is 9.59 Å². The molecule has 3 heterocycles. The number of hydrogen-bond donors (Lipinski definition) is 3. The minimum Gasteiger partial charge on any atom is -0.508 e. The van der Waals surface area contributed by atoms with E-state index in [-0.39, 0.29) is 63.5 Å². The molecule has 3 aromatic carbocycles. The van der Waals surface area contributed by atoms with Crippen molar-refractivity contribution in [2.75, 3.05) is 0 Å². The fourth-order valence-electron chi connectivity index (χ4n) is 5.14. The van der Waals surface area contributed by atoms with E-state index in [1.165, 1.54) is 36.4 Å². The number of rotatable bonds is 5. The van der Waals surface area contributed by atoms with Crippen LogP contribution in [0.25, 0.3) is 0 Å². The lowest BCUT2D eigenvalue weighted by Crippen LogP contribution is -2.34. The number of imide groups is 1. The number of carbonyl (C=O) groups is 5. The first kappa shape index (κ1) is 28.5. The molecule has 1 saturated heterocycles. The normalized spacial score (nSPS) is 18.3. The van der Waals surface area contributed by atoms with Crippen LogP contribution in [0.2, 0.25) is 0 Å². The van der Waals surface area contributed by atoms with Gasteiger partial charge in [0.15, 0.2) is 5.60 Å². The van der Waals surface area contributed by atoms with Gasteiger partial charge in [0.05, 0.1) is 23.2 Å². The largest absolute Gasteiger partial charge is 0.508 e. The summed E-state index contributed by atoms with van der Waals surface area (Å²) in [7, 11) is 0. The van der Waals surface area contributed by atoms with Crippen LogP contribution < -0.4 is 10.2 Å². The Morgan fingerprint density at radius 3 is 2.34 bits per heavy atom. The van der Waals surface area contributed by atoms with Gasteiger partial charge >= 0.3 is 24.1 Å². The number of hydroxylamine groups is 3. The van der Waals surface area contributed by atoms with Crippen molar-refractivity contribution in [2.45, 2.75) is 31.2 Å². The van der Waals surface area contributed by atoms with Crippen molar-refractivity contribution in [3.05, 3.63) is 81.9 Å². The SMILES string of the molecule is O=C(ON1C(=O)CCC1=O)c1ccc2c(c1)C(=O)OC21c2ccc(O)cc2Oc2c1ccc(O)c2CNOC(=O)C(F)(F)F. The number of carbonyl (C=O) groups excluding carboxylic acids is 5. The molecule has 6 rings (SSSR count). The Kier molecular flexibility index (Phi) is 6.46. The van der Waals surface area contributed by atoms with Crippen molar-refractivity contribution < 1.29 is 66.5 Å². The Morgan fingerprint density at radius 1 is 0.955 bits per heavy atom. The number of nitrogens with zero attached hydrogens (tertiary/aromatic N) is 1. The molecule has 1 fully saturated rings. The topological polar surface area (TPSA) is 178 Å². The predicted molar refractivity (Wildman–Crippen MR) is 134 cm³/mol. The van der Waals surface area contributed by atoms with Gasteiger partial charge in [0, 0.05) is 35.6 Å². The van der Waals surface area contributed by atoms with Crippen LogP contribution in [0.3, 0.4) is 0 Å². The maximum absolute atomic E-state index is 13.3. The molecule has 13 nitrogen and oxygen atoms in total. The molecule has 0 aliphatic carbocycles. The fraction of sp³-hybridized carbons (Fsp3) is 0.179. The minimum absolute atomic E-state index is 0.0631. The van der Waals surface area contributed by atoms with Gasteiger partial charge in [-0.2, -0.15) is 13.2 Å². The number of aromatic hydroxyl groups is 2. The lowest BCUT2D eigenvalue weighted by atomic mass is 9.76. The van der Waals surface area contributed by atoms with Gasteiger partial charge in [-0.1, -0.05) is 6.07 Å². The Hall–Kier alpha value is -5.64. The Bertz CT molecular complexity index is 1790. The average molecular weight is 614 g/mol. The molecule has 2 amide bonds. The molecule has 226 valence electrons. The summed E-state index contributed by atoms with van der Waals surface area (Å²) in [6.45, 7) is -0.694. The Morgan fingerprint density at radius 2 is 1.64 bits per heavy atom. The Labute approximate surface area is 243 Å². The van der Waals surface area contributed by atoms with E-state index in [4.69, 9.17) is 14.3 Å². The molecule has 1 atom stereocenters. The standard InChI is InChI=1S/C28H17F3N2O11/c29-28(30,31)26(40)43-32-11-15-19(35)6-5-18-23(15)41-20-10-13(34)2-4-17(20)27(18)16-3-1-12(9-14(16)25(39)42-27)24(38)44-33-21(36)7-8-22(33)37/h1-6,9-10,32,34-35H,7-8,11H2. The number of halogens is 3. The van der Waals surface area contributed by atoms with Crippen LogP contribution in [0.15, 0.2) is 48.5 Å². The van der Waals surface area contributed by atoms with Crippen LogP contribution in [-0.4, -0.2) is 51.2 Å². The van der Waals surface area contributed by atoms with Crippen LogP contribution in [-0.2, 0) is 40.9 Å². The highest BCUT2D eigenvalue weighted by Crippen LogP contribution is 2.58. The molecule has 0 saturated carbocycles. The maximum Gasteiger partial charge on any atom is 0.492 e. The van der Waals surface area contributed by atoms with Gasteiger partial charge in [-0.05, 0) is 36.4 Å². The third kappa shape index (κ3) is 4.43. The number of alkyl halides is 3. The number of esters is 1. The summed E-state index contributed by atoms with van der Waals surface area (Å²) in [5.41, 5.74) is -0.0738. The molecule has 44 heavy (non-hydrogen) atoms. The second-order valence-electron chi connectivity index (χ2n) is 9.72. The highest BCUT2D eigenvalue weighted by Gasteiger charge is 2.54. The summed E-state index contributed by atoms with van der Waals surface area (Å²) < 4.78 is 49.7. The van der Waals surface area contributed by atoms with Crippen molar-refractivity contribution in [1.29, 1.82) is 0 Å². The van der Waals surface area contributed by atoms with Crippen molar-refractivity contribution in [2.24, 2.45) is 0 Å². The molecule has 3 N–H and O–H groups in total. The smallest absolute Gasteiger partial charge is 0.492 e. The highest BCUT2D eigenvalue weighted by atomic mass is 19.4. The second-order valence-corrected chi connectivity index (χ2v) is 9.72. The summed E-state index contributed by atoms with van der Waals surface area (Å²) in [4.78, 5) is 70.0. The van der Waals surface area contributed by atoms with Crippen LogP contribution >= 0.6 is 0 Å². The molecule has 3 aliphatic heterocycles. The molecule has 1 spiro atoms. The maximum atomic E-state index is 13.3. The molecule has 16 heteroatoms. The van der Waals surface area contributed by atoms with Gasteiger partial charge in [0.1, 0.15) is 23.0 Å². The molecular weight excluding hydrogens is 597 g/mol. The number of amides is 2. The Balaban J connectivity index is 1.43. The first-order chi connectivity index (χ1) is 20.8. The summed E-state index contributed by atoms with van der Waals surface area (Å²) in [5, 5.41) is 21.1. The minimum atomic E-state index is -5.30. The molecule has 0 bridgehead atoms. The summed E-state index contributed by atoms with van der Waals surface area (Å²) in [5.74, 6) is -7.01. The van der Waals surface area contributed by atoms with Crippen molar-refractivity contribution in [3.8, 4) is 23.0 Å². The summed E-state index contributed by atoms with van der Waals surface area (Å²) >= 11 is 0. The molecule has 0 radical (unpaired) electrons. The predicted octanol–water partition coefficient (Wildman–Crippen LogP) is 3.00. The van der Waals surface area contributed by atoms with Gasteiger partial charge < -0.3 is 29.4 Å². The van der Waals surface area contributed by atoms with Crippen LogP contribution in [0.5, 0.6) is 23.0 Å². The lowest BCUT2D eigenvalue weighted by molar-refractivity contribution is -0.207. The number of phenols is 2. The summed E-state index contributed by atoms with van der Waals surface area (Å²) in [6.07, 6.45) is -5.55. The lowest BCUT2D eigenvalue weighted by Gasteiger charge is -2.37. The number of ether oxygens (including phenoxy) is 2. The van der Waals surface area contributed by atoms with E-state index in [1.54, 1.807) is 0 Å². The van der Waals surface area contributed by atoms with E-state index in [0.717, 1.165) is 12.1 Å². The average Bonchev–Trinajstić information content (AvgIpc) is 3.44. The second kappa shape index (κ2) is 9.98. The van der Waals surface area contributed by atoms with Gasteiger partial charge in [-0.15, -0.1) is 10.5 Å². The molecule has 0 aromatic heterocycles. The van der Waals surface area contributed by atoms with Gasteiger partial charge in [0.2, 0.25) is 0 Å². The highest BCUT2D eigenvalue weighted by molar-refractivity contribution is 6.04. The van der Waals surface area contributed by atoms with Crippen LogP contribution in [0, 0.1) is 0 Å². The number of nitrogens with one attached hydrogen (secondary N) is 1. The third-order valence-corrected chi connectivity index (χ3v) is 7.10. The van der Waals surface area contributed by atoms with Crippen molar-refractivity contribution >= 4 is 29.7 Å². The van der Waals surface area contributed by atoms with Gasteiger partial charge in [-0.25, -0.2) is 14.4 Å². The zero-order valence-electron chi connectivity index (χ0n) is 21.9. The monoisotopic (exact) mass is 614 g/mol. The summed E-state index contributed by atoms with van der Waals surface area (Å²) in [6, 6.07) is 10.1. The number of fused-ring (bicyclic) bond motifs is 6. The van der Waals surface area contributed by atoms with Crippen molar-refractivity contribution in [1.82, 2.24) is 10.5 Å². The number of benzene rings is 3. The van der Waals surface area contributed by atoms with E-state index in [1.807, 2.05) is 5.48 Å². The molecule has 1 unspecified atom stereocenters. The van der Waals surface area contributed by atoms with Crippen molar-refractivity contribution in [3.63, 3.8) is 0 Å². The first-order valence-corrected chi connectivity index (χ1v) is 12.6. The molecule has 3 aliphatic rings. The zero-order valence-corrected chi connectivity index (χ0v) is 21.9. The quantitative estimate of drug-likeness (QED) is 0.218. The number of hydrogen-bond acceptors (Lipinski definition) is 12. The number of phenolic OH excluding ortho intramolecular Hbond substituents is 2. The van der Waals surface area contributed by atoms with Crippen LogP contribution in [0.4, 0.5) is 13.2 Å². The fourth-order valence-corrected chi connectivity index (χ4v) is 5.14. The third-order valence-electron chi connectivity index (χ3n) is 7.10. The van der Waals surface area contributed by atoms with E-state index in [2.05, 4.69) is 4.84 Å². The molecule has 3 aromatic rings. The first-order valence-electron chi connectivity index (χ1n) is 12.6. The zero-order chi connectivity index (χ0) is 31.6. The van der Waals surface area contributed by atoms with Crippen LogP contribution in [0.1, 0.15) is 55.8 Å². The van der Waals surface area contributed by atoms with E-state index < -0.39 is 53.8 Å². The van der Waals surface area contributed by atoms with E-state index in [9.17, 15) is 47.4 Å².